The minimum absolute atomic E-state index is 0.215. The van der Waals surface area contributed by atoms with Gasteiger partial charge in [0, 0.05) is 38.2 Å². The fourth-order valence-electron chi connectivity index (χ4n) is 4.00. The molecule has 6 nitrogen and oxygen atoms in total. The number of nitrogens with one attached hydrogen (secondary N) is 1. The van der Waals surface area contributed by atoms with E-state index in [-0.39, 0.29) is 18.1 Å². The summed E-state index contributed by atoms with van der Waals surface area (Å²) in [6, 6.07) is 16.5. The molecule has 3 aromatic rings. The van der Waals surface area contributed by atoms with Gasteiger partial charge in [-0.3, -0.25) is 9.59 Å². The van der Waals surface area contributed by atoms with Gasteiger partial charge in [-0.25, -0.2) is 0 Å². The number of rotatable bonds is 4. The second-order valence-electron chi connectivity index (χ2n) is 7.56. The maximum absolute atomic E-state index is 13.1. The van der Waals surface area contributed by atoms with E-state index in [9.17, 15) is 14.7 Å². The second-order valence-corrected chi connectivity index (χ2v) is 7.56. The largest absolute Gasteiger partial charge is 0.396 e. The van der Waals surface area contributed by atoms with E-state index in [0.717, 1.165) is 48.2 Å². The number of fused-ring (bicyclic) bond motifs is 1. The van der Waals surface area contributed by atoms with Crippen LogP contribution < -0.4 is 15.8 Å². The lowest BCUT2D eigenvalue weighted by Crippen LogP contribution is -2.35. The first-order valence-corrected chi connectivity index (χ1v) is 9.93. The molecule has 1 fully saturated rings. The Balaban J connectivity index is 1.65. The lowest BCUT2D eigenvalue weighted by Gasteiger charge is -2.34. The minimum Gasteiger partial charge on any atom is -0.396 e. The first-order chi connectivity index (χ1) is 14.1. The van der Waals surface area contributed by atoms with Gasteiger partial charge in [0.25, 0.3) is 11.5 Å². The van der Waals surface area contributed by atoms with Crippen molar-refractivity contribution in [1.29, 1.82) is 0 Å². The zero-order valence-corrected chi connectivity index (χ0v) is 16.5. The van der Waals surface area contributed by atoms with E-state index in [0.29, 0.717) is 11.5 Å². The number of benzene rings is 2. The van der Waals surface area contributed by atoms with Crippen molar-refractivity contribution < 1.29 is 9.90 Å². The van der Waals surface area contributed by atoms with Crippen LogP contribution in [0.4, 0.5) is 11.4 Å². The number of hydrogen-bond acceptors (Lipinski definition) is 4. The molecule has 29 heavy (non-hydrogen) atoms. The molecule has 1 aliphatic rings. The lowest BCUT2D eigenvalue weighted by molar-refractivity contribution is 0.102. The van der Waals surface area contributed by atoms with Gasteiger partial charge in [-0.1, -0.05) is 30.3 Å². The highest BCUT2D eigenvalue weighted by Gasteiger charge is 2.21. The number of anilines is 2. The van der Waals surface area contributed by atoms with Crippen LogP contribution in [0, 0.1) is 5.92 Å². The van der Waals surface area contributed by atoms with Crippen LogP contribution in [0.3, 0.4) is 0 Å². The Morgan fingerprint density at radius 1 is 1.10 bits per heavy atom. The molecule has 0 spiro atoms. The van der Waals surface area contributed by atoms with Crippen LogP contribution in [-0.4, -0.2) is 35.3 Å². The summed E-state index contributed by atoms with van der Waals surface area (Å²) < 4.78 is 1.55. The fraction of sp³-hybridized carbons (Fsp3) is 0.304. The third kappa shape index (κ3) is 3.76. The molecule has 2 aromatic carbocycles. The summed E-state index contributed by atoms with van der Waals surface area (Å²) in [5, 5.41) is 13.1. The predicted molar refractivity (Wildman–Crippen MR) is 116 cm³/mol. The van der Waals surface area contributed by atoms with E-state index in [1.807, 2.05) is 48.5 Å². The van der Waals surface area contributed by atoms with Gasteiger partial charge in [-0.05, 0) is 37.0 Å². The Morgan fingerprint density at radius 3 is 2.55 bits per heavy atom. The molecule has 0 saturated carbocycles. The summed E-state index contributed by atoms with van der Waals surface area (Å²) in [5.74, 6) is 0.0523. The average molecular weight is 391 g/mol. The maximum Gasteiger partial charge on any atom is 0.256 e. The van der Waals surface area contributed by atoms with Crippen molar-refractivity contribution in [2.45, 2.75) is 12.8 Å². The van der Waals surface area contributed by atoms with Gasteiger partial charge in [-0.15, -0.1) is 0 Å². The lowest BCUT2D eigenvalue weighted by atomic mass is 9.97. The van der Waals surface area contributed by atoms with E-state index in [4.69, 9.17) is 0 Å². The molecule has 6 heteroatoms. The normalized spacial score (nSPS) is 14.9. The molecule has 0 radical (unpaired) electrons. The van der Waals surface area contributed by atoms with E-state index < -0.39 is 0 Å². The van der Waals surface area contributed by atoms with Gasteiger partial charge >= 0.3 is 0 Å². The van der Waals surface area contributed by atoms with Crippen molar-refractivity contribution in [1.82, 2.24) is 4.57 Å². The minimum atomic E-state index is -0.295. The fourth-order valence-corrected chi connectivity index (χ4v) is 4.00. The molecule has 4 rings (SSSR count). The van der Waals surface area contributed by atoms with Gasteiger partial charge < -0.3 is 19.9 Å². The smallest absolute Gasteiger partial charge is 0.256 e. The number of aromatic nitrogens is 1. The molecule has 2 heterocycles. The van der Waals surface area contributed by atoms with Gasteiger partial charge in [-0.2, -0.15) is 0 Å². The summed E-state index contributed by atoms with van der Waals surface area (Å²) in [5.41, 5.74) is 2.57. The zero-order chi connectivity index (χ0) is 20.4. The molecule has 1 amide bonds. The van der Waals surface area contributed by atoms with Crippen LogP contribution in [0.5, 0.6) is 0 Å². The summed E-state index contributed by atoms with van der Waals surface area (Å²) in [7, 11) is 1.71. The molecule has 0 atom stereocenters. The molecule has 1 aromatic heterocycles. The molecule has 150 valence electrons. The predicted octanol–water partition coefficient (Wildman–Crippen LogP) is 3.00. The molecule has 1 saturated heterocycles. The standard InChI is InChI=1S/C23H25N3O3/c1-25-20-8-4-2-6-17(20)18(14-22(25)28)23(29)24-19-7-3-5-9-21(19)26-12-10-16(15-27)11-13-26/h2-9,14,16,27H,10-13,15H2,1H3,(H,24,29). The van der Waals surface area contributed by atoms with Crippen LogP contribution in [0.15, 0.2) is 59.4 Å². The van der Waals surface area contributed by atoms with Gasteiger partial charge in [0.05, 0.1) is 22.5 Å². The summed E-state index contributed by atoms with van der Waals surface area (Å²) >= 11 is 0. The Bertz CT molecular complexity index is 1100. The van der Waals surface area contributed by atoms with E-state index in [1.54, 1.807) is 11.6 Å². The highest BCUT2D eigenvalue weighted by Crippen LogP contribution is 2.30. The van der Waals surface area contributed by atoms with Crippen LogP contribution >= 0.6 is 0 Å². The van der Waals surface area contributed by atoms with Crippen molar-refractivity contribution in [3.8, 4) is 0 Å². The molecular weight excluding hydrogens is 366 g/mol. The number of carbonyl (C=O) groups excluding carboxylic acids is 1. The number of pyridine rings is 1. The zero-order valence-electron chi connectivity index (χ0n) is 16.5. The quantitative estimate of drug-likeness (QED) is 0.717. The Hall–Kier alpha value is -3.12. The number of hydrogen-bond donors (Lipinski definition) is 2. The van der Waals surface area contributed by atoms with E-state index in [1.165, 1.54) is 6.07 Å². The number of para-hydroxylation sites is 3. The number of aliphatic hydroxyl groups is 1. The number of aliphatic hydroxyl groups excluding tert-OH is 1. The van der Waals surface area contributed by atoms with E-state index >= 15 is 0 Å². The van der Waals surface area contributed by atoms with Crippen LogP contribution in [-0.2, 0) is 7.05 Å². The molecule has 0 bridgehead atoms. The van der Waals surface area contributed by atoms with Crippen molar-refractivity contribution >= 4 is 28.2 Å². The second kappa shape index (κ2) is 8.09. The monoisotopic (exact) mass is 391 g/mol. The van der Waals surface area contributed by atoms with Crippen molar-refractivity contribution in [2.24, 2.45) is 13.0 Å². The number of nitrogens with zero attached hydrogens (tertiary/aromatic N) is 2. The average Bonchev–Trinajstić information content (AvgIpc) is 2.76. The molecule has 2 N–H and O–H groups in total. The van der Waals surface area contributed by atoms with Gasteiger partial charge in [0.2, 0.25) is 0 Å². The number of carbonyl (C=O) groups is 1. The third-order valence-electron chi connectivity index (χ3n) is 5.76. The van der Waals surface area contributed by atoms with Crippen molar-refractivity contribution in [3.63, 3.8) is 0 Å². The van der Waals surface area contributed by atoms with Gasteiger partial charge in [0.15, 0.2) is 0 Å². The number of amides is 1. The Labute approximate surface area is 169 Å². The first kappa shape index (κ1) is 19.2. The number of aryl methyl sites for hydroxylation is 1. The number of piperidine rings is 1. The summed E-state index contributed by atoms with van der Waals surface area (Å²) in [6.45, 7) is 1.90. The first-order valence-electron chi connectivity index (χ1n) is 9.93. The molecular formula is C23H25N3O3. The molecule has 1 aliphatic heterocycles. The van der Waals surface area contributed by atoms with Crippen LogP contribution in [0.1, 0.15) is 23.2 Å². The van der Waals surface area contributed by atoms with E-state index in [2.05, 4.69) is 10.2 Å². The molecule has 0 aliphatic carbocycles. The highest BCUT2D eigenvalue weighted by molar-refractivity contribution is 6.13. The highest BCUT2D eigenvalue weighted by atomic mass is 16.3. The topological polar surface area (TPSA) is 74.6 Å². The van der Waals surface area contributed by atoms with Crippen LogP contribution in [0.25, 0.3) is 10.9 Å². The Kier molecular flexibility index (Phi) is 5.36. The SMILES string of the molecule is Cn1c(=O)cc(C(=O)Nc2ccccc2N2CCC(CO)CC2)c2ccccc21. The summed E-state index contributed by atoms with van der Waals surface area (Å²) in [6.07, 6.45) is 1.86. The maximum atomic E-state index is 13.1. The van der Waals surface area contributed by atoms with Crippen molar-refractivity contribution in [2.75, 3.05) is 29.9 Å². The van der Waals surface area contributed by atoms with Crippen LogP contribution in [0.2, 0.25) is 0 Å². The summed E-state index contributed by atoms with van der Waals surface area (Å²) in [4.78, 5) is 27.7. The third-order valence-corrected chi connectivity index (χ3v) is 5.76. The van der Waals surface area contributed by atoms with Crippen molar-refractivity contribution in [3.05, 3.63) is 70.5 Å². The van der Waals surface area contributed by atoms with Gasteiger partial charge in [0.1, 0.15) is 0 Å². The molecule has 0 unspecified atom stereocenters. The Morgan fingerprint density at radius 2 is 1.79 bits per heavy atom.